The first kappa shape index (κ1) is 10.2. The van der Waals surface area contributed by atoms with Crippen molar-refractivity contribution in [2.45, 2.75) is 50.9 Å². The van der Waals surface area contributed by atoms with Crippen molar-refractivity contribution in [2.75, 3.05) is 0 Å². The molecule has 2 radical (unpaired) electrons. The van der Waals surface area contributed by atoms with Crippen molar-refractivity contribution in [1.82, 2.24) is 0 Å². The average Bonchev–Trinajstić information content (AvgIpc) is 2.10. The molecule has 1 nitrogen and oxygen atoms in total. The number of rotatable bonds is 2. The van der Waals surface area contributed by atoms with E-state index >= 15 is 0 Å². The van der Waals surface area contributed by atoms with E-state index in [0.717, 1.165) is 42.4 Å². The molecule has 0 aromatic rings. The van der Waals surface area contributed by atoms with Gasteiger partial charge in [-0.25, -0.2) is 0 Å². The molecule has 0 heterocycles. The van der Waals surface area contributed by atoms with Gasteiger partial charge in [0.05, 0.1) is 14.0 Å². The molecule has 15 heavy (non-hydrogen) atoms. The molecular formula is C13H21BO. The Balaban J connectivity index is 1.48. The van der Waals surface area contributed by atoms with Gasteiger partial charge < -0.3 is 5.11 Å². The van der Waals surface area contributed by atoms with E-state index in [0.29, 0.717) is 5.82 Å². The van der Waals surface area contributed by atoms with Gasteiger partial charge in [-0.05, 0) is 61.7 Å². The summed E-state index contributed by atoms with van der Waals surface area (Å²) in [6.07, 6.45) is 6.22. The van der Waals surface area contributed by atoms with Crippen LogP contribution in [0.1, 0.15) is 39.0 Å². The van der Waals surface area contributed by atoms with Gasteiger partial charge in [0, 0.05) is 0 Å². The lowest BCUT2D eigenvalue weighted by atomic mass is 9.44. The molecule has 3 atom stereocenters. The summed E-state index contributed by atoms with van der Waals surface area (Å²) in [5, 5.41) is 9.30. The summed E-state index contributed by atoms with van der Waals surface area (Å²) in [5.41, 5.74) is 0. The quantitative estimate of drug-likeness (QED) is 0.684. The lowest BCUT2D eigenvalue weighted by Gasteiger charge is -2.56. The molecule has 0 aliphatic heterocycles. The molecule has 0 saturated heterocycles. The fourth-order valence-corrected chi connectivity index (χ4v) is 4.06. The molecule has 82 valence electrons. The van der Waals surface area contributed by atoms with E-state index in [2.05, 4.69) is 6.92 Å². The minimum atomic E-state index is -0.00928. The van der Waals surface area contributed by atoms with Crippen LogP contribution >= 0.6 is 0 Å². The van der Waals surface area contributed by atoms with Crippen molar-refractivity contribution < 1.29 is 5.11 Å². The van der Waals surface area contributed by atoms with E-state index in [4.69, 9.17) is 7.85 Å². The maximum absolute atomic E-state index is 9.30. The molecule has 3 unspecified atom stereocenters. The van der Waals surface area contributed by atoms with E-state index in [1.807, 2.05) is 0 Å². The topological polar surface area (TPSA) is 20.2 Å². The minimum Gasteiger partial charge on any atom is -0.393 e. The fourth-order valence-electron chi connectivity index (χ4n) is 4.06. The minimum absolute atomic E-state index is 0.00928. The summed E-state index contributed by atoms with van der Waals surface area (Å²) >= 11 is 0. The number of aliphatic hydroxyl groups is 1. The standard InChI is InChI=1S/C13H21BO/c1-7-2-8(3-7)11-6-12(13(11)14)9-4-10(15)5-9/h7-13,15H,2-6H2,1H3. The molecule has 3 aliphatic rings. The summed E-state index contributed by atoms with van der Waals surface area (Å²) in [7, 11) is 6.30. The highest BCUT2D eigenvalue weighted by molar-refractivity contribution is 6.12. The Morgan fingerprint density at radius 1 is 0.933 bits per heavy atom. The predicted octanol–water partition coefficient (Wildman–Crippen LogP) is 2.40. The van der Waals surface area contributed by atoms with Gasteiger partial charge in [-0.1, -0.05) is 12.7 Å². The fraction of sp³-hybridized carbons (Fsp3) is 1.00. The van der Waals surface area contributed by atoms with Crippen LogP contribution in [-0.4, -0.2) is 19.1 Å². The summed E-state index contributed by atoms with van der Waals surface area (Å²) in [6.45, 7) is 2.35. The normalized spacial score (nSPS) is 58.9. The lowest BCUT2D eigenvalue weighted by molar-refractivity contribution is -0.0489. The van der Waals surface area contributed by atoms with Crippen LogP contribution in [0.4, 0.5) is 0 Å². The molecule has 3 saturated carbocycles. The van der Waals surface area contributed by atoms with Crippen LogP contribution in [0.2, 0.25) is 5.82 Å². The second-order valence-corrected chi connectivity index (χ2v) is 6.36. The Hall–Kier alpha value is 0.0249. The number of hydrogen-bond acceptors (Lipinski definition) is 1. The van der Waals surface area contributed by atoms with E-state index in [1.165, 1.54) is 19.3 Å². The van der Waals surface area contributed by atoms with Gasteiger partial charge in [-0.2, -0.15) is 0 Å². The van der Waals surface area contributed by atoms with Gasteiger partial charge in [0.2, 0.25) is 0 Å². The van der Waals surface area contributed by atoms with Crippen LogP contribution in [0.5, 0.6) is 0 Å². The molecule has 0 aromatic carbocycles. The molecule has 1 N–H and O–H groups in total. The molecular weight excluding hydrogens is 183 g/mol. The largest absolute Gasteiger partial charge is 0.393 e. The van der Waals surface area contributed by atoms with Crippen molar-refractivity contribution in [3.05, 3.63) is 0 Å². The Bertz CT molecular complexity index is 219. The Morgan fingerprint density at radius 2 is 1.47 bits per heavy atom. The van der Waals surface area contributed by atoms with Crippen LogP contribution in [0.3, 0.4) is 0 Å². The van der Waals surface area contributed by atoms with Crippen LogP contribution in [0.15, 0.2) is 0 Å². The zero-order valence-electron chi connectivity index (χ0n) is 9.60. The Morgan fingerprint density at radius 3 is 1.87 bits per heavy atom. The van der Waals surface area contributed by atoms with Crippen LogP contribution < -0.4 is 0 Å². The molecule has 0 aromatic heterocycles. The lowest BCUT2D eigenvalue weighted by Crippen LogP contribution is -2.48. The highest BCUT2D eigenvalue weighted by Crippen LogP contribution is 2.59. The van der Waals surface area contributed by atoms with Crippen molar-refractivity contribution in [3.8, 4) is 0 Å². The molecule has 0 bridgehead atoms. The monoisotopic (exact) mass is 204 g/mol. The van der Waals surface area contributed by atoms with Crippen LogP contribution in [0.25, 0.3) is 0 Å². The number of hydrogen-bond donors (Lipinski definition) is 1. The van der Waals surface area contributed by atoms with Crippen molar-refractivity contribution in [1.29, 1.82) is 0 Å². The second kappa shape index (κ2) is 3.51. The Labute approximate surface area is 94.0 Å². The molecule has 0 amide bonds. The van der Waals surface area contributed by atoms with E-state index < -0.39 is 0 Å². The highest BCUT2D eigenvalue weighted by Gasteiger charge is 2.49. The predicted molar refractivity (Wildman–Crippen MR) is 61.7 cm³/mol. The maximum Gasteiger partial charge on any atom is 0.0707 e. The SMILES string of the molecule is [B]C1C(C2CC(C)C2)CC1C1CC(O)C1. The smallest absolute Gasteiger partial charge is 0.0707 e. The second-order valence-electron chi connectivity index (χ2n) is 6.36. The van der Waals surface area contributed by atoms with E-state index in [9.17, 15) is 5.11 Å². The van der Waals surface area contributed by atoms with Crippen molar-refractivity contribution >= 4 is 7.85 Å². The van der Waals surface area contributed by atoms with Crippen molar-refractivity contribution in [2.24, 2.45) is 29.6 Å². The van der Waals surface area contributed by atoms with Gasteiger partial charge in [0.15, 0.2) is 0 Å². The van der Waals surface area contributed by atoms with E-state index in [-0.39, 0.29) is 6.10 Å². The molecule has 0 spiro atoms. The summed E-state index contributed by atoms with van der Waals surface area (Å²) in [5.74, 6) is 4.67. The summed E-state index contributed by atoms with van der Waals surface area (Å²) in [6, 6.07) is 0. The molecule has 3 fully saturated rings. The third kappa shape index (κ3) is 1.56. The third-order valence-corrected chi connectivity index (χ3v) is 5.30. The average molecular weight is 204 g/mol. The molecule has 3 aliphatic carbocycles. The maximum atomic E-state index is 9.30. The van der Waals surface area contributed by atoms with Gasteiger partial charge in [-0.15, -0.1) is 0 Å². The zero-order chi connectivity index (χ0) is 10.6. The molecule has 3 rings (SSSR count). The van der Waals surface area contributed by atoms with E-state index in [1.54, 1.807) is 0 Å². The van der Waals surface area contributed by atoms with Crippen LogP contribution in [-0.2, 0) is 0 Å². The first-order valence-corrected chi connectivity index (χ1v) is 6.58. The highest BCUT2D eigenvalue weighted by atomic mass is 16.3. The first-order valence-electron chi connectivity index (χ1n) is 6.58. The van der Waals surface area contributed by atoms with Crippen molar-refractivity contribution in [3.63, 3.8) is 0 Å². The number of aliphatic hydroxyl groups excluding tert-OH is 1. The summed E-state index contributed by atoms with van der Waals surface area (Å²) in [4.78, 5) is 0. The molecule has 2 heteroatoms. The van der Waals surface area contributed by atoms with Gasteiger partial charge >= 0.3 is 0 Å². The first-order chi connectivity index (χ1) is 7.15. The zero-order valence-corrected chi connectivity index (χ0v) is 9.60. The van der Waals surface area contributed by atoms with Gasteiger partial charge in [0.1, 0.15) is 0 Å². The van der Waals surface area contributed by atoms with Gasteiger partial charge in [-0.3, -0.25) is 0 Å². The van der Waals surface area contributed by atoms with Gasteiger partial charge in [0.25, 0.3) is 0 Å². The Kier molecular flexibility index (Phi) is 2.39. The summed E-state index contributed by atoms with van der Waals surface area (Å²) < 4.78 is 0. The third-order valence-electron chi connectivity index (χ3n) is 5.30. The van der Waals surface area contributed by atoms with Crippen LogP contribution in [0, 0.1) is 29.6 Å².